The highest BCUT2D eigenvalue weighted by atomic mass is 35.5. The Morgan fingerprint density at radius 2 is 1.87 bits per heavy atom. The summed E-state index contributed by atoms with van der Waals surface area (Å²) in [5.74, 6) is -0.0530. The molecule has 0 aliphatic carbocycles. The van der Waals surface area contributed by atoms with Crippen molar-refractivity contribution < 1.29 is 23.8 Å². The van der Waals surface area contributed by atoms with Crippen molar-refractivity contribution in [3.63, 3.8) is 0 Å². The van der Waals surface area contributed by atoms with E-state index in [0.29, 0.717) is 22.1 Å². The molecule has 1 rings (SSSR count). The van der Waals surface area contributed by atoms with Crippen LogP contribution in [0.1, 0.15) is 12.5 Å². The Labute approximate surface area is 140 Å². The molecule has 0 saturated carbocycles. The number of likely N-dealkylation sites (N-methyl/N-ethyl adjacent to an activating group) is 1. The van der Waals surface area contributed by atoms with Gasteiger partial charge in [0.25, 0.3) is 5.91 Å². The number of hydrogen-bond acceptors (Lipinski definition) is 5. The molecule has 0 spiro atoms. The first-order valence-corrected chi connectivity index (χ1v) is 7.19. The predicted molar refractivity (Wildman–Crippen MR) is 87.8 cm³/mol. The van der Waals surface area contributed by atoms with Gasteiger partial charge in [0, 0.05) is 20.2 Å². The molecule has 23 heavy (non-hydrogen) atoms. The average molecular weight is 342 g/mol. The molecular formula is C16H20ClNO5. The summed E-state index contributed by atoms with van der Waals surface area (Å²) in [4.78, 5) is 24.7. The number of methoxy groups -OCH3 is 2. The molecule has 0 aliphatic heterocycles. The van der Waals surface area contributed by atoms with E-state index in [4.69, 9.17) is 25.8 Å². The third-order valence-electron chi connectivity index (χ3n) is 2.95. The van der Waals surface area contributed by atoms with Gasteiger partial charge in [-0.15, -0.1) is 0 Å². The zero-order valence-corrected chi connectivity index (χ0v) is 14.5. The number of nitrogens with zero attached hydrogens (tertiary/aromatic N) is 1. The number of halogens is 1. The predicted octanol–water partition coefficient (Wildman–Crippen LogP) is 2.39. The van der Waals surface area contributed by atoms with E-state index in [2.05, 4.69) is 0 Å². The SMILES string of the molecule is COc1cc(/C=C/C(=O)O[C@H](C)C(=O)N(C)C)cc(Cl)c1OC. The molecule has 0 unspecified atom stereocenters. The highest BCUT2D eigenvalue weighted by molar-refractivity contribution is 6.32. The molecule has 0 radical (unpaired) electrons. The van der Waals surface area contributed by atoms with Crippen molar-refractivity contribution >= 4 is 29.6 Å². The van der Waals surface area contributed by atoms with E-state index in [1.165, 1.54) is 38.2 Å². The van der Waals surface area contributed by atoms with Gasteiger partial charge in [-0.3, -0.25) is 4.79 Å². The second-order valence-corrected chi connectivity index (χ2v) is 5.29. The Kier molecular flexibility index (Phi) is 6.90. The van der Waals surface area contributed by atoms with E-state index in [-0.39, 0.29) is 5.91 Å². The highest BCUT2D eigenvalue weighted by Gasteiger charge is 2.18. The summed E-state index contributed by atoms with van der Waals surface area (Å²) in [6.45, 7) is 1.52. The van der Waals surface area contributed by atoms with Gasteiger partial charge in [-0.25, -0.2) is 4.79 Å². The van der Waals surface area contributed by atoms with E-state index in [0.717, 1.165) is 0 Å². The Hall–Kier alpha value is -2.21. The Morgan fingerprint density at radius 3 is 2.39 bits per heavy atom. The Bertz CT molecular complexity index is 613. The maximum absolute atomic E-state index is 11.7. The lowest BCUT2D eigenvalue weighted by molar-refractivity contribution is -0.153. The molecule has 0 fully saturated rings. The van der Waals surface area contributed by atoms with Crippen LogP contribution in [0.4, 0.5) is 0 Å². The second kappa shape index (κ2) is 8.43. The summed E-state index contributed by atoms with van der Waals surface area (Å²) >= 11 is 6.08. The summed E-state index contributed by atoms with van der Waals surface area (Å²) in [7, 11) is 6.16. The number of ether oxygens (including phenoxy) is 3. The maximum atomic E-state index is 11.7. The van der Waals surface area contributed by atoms with Crippen LogP contribution in [0.3, 0.4) is 0 Å². The molecule has 0 heterocycles. The minimum atomic E-state index is -0.851. The Balaban J connectivity index is 2.83. The van der Waals surface area contributed by atoms with Crippen molar-refractivity contribution in [2.75, 3.05) is 28.3 Å². The molecule has 0 aromatic heterocycles. The fourth-order valence-corrected chi connectivity index (χ4v) is 2.12. The minimum Gasteiger partial charge on any atom is -0.493 e. The zero-order valence-electron chi connectivity index (χ0n) is 13.8. The van der Waals surface area contributed by atoms with Crippen LogP contribution in [-0.4, -0.2) is 51.2 Å². The van der Waals surface area contributed by atoms with Crippen LogP contribution in [0.25, 0.3) is 6.08 Å². The number of hydrogen-bond donors (Lipinski definition) is 0. The normalized spacial score (nSPS) is 11.9. The summed E-state index contributed by atoms with van der Waals surface area (Å²) < 4.78 is 15.3. The molecule has 1 aromatic rings. The number of carbonyl (C=O) groups is 2. The van der Waals surface area contributed by atoms with Crippen LogP contribution in [-0.2, 0) is 14.3 Å². The van der Waals surface area contributed by atoms with Gasteiger partial charge < -0.3 is 19.1 Å². The van der Waals surface area contributed by atoms with Gasteiger partial charge in [0.1, 0.15) is 0 Å². The van der Waals surface area contributed by atoms with Gasteiger partial charge in [-0.2, -0.15) is 0 Å². The van der Waals surface area contributed by atoms with E-state index in [1.54, 1.807) is 26.2 Å². The van der Waals surface area contributed by atoms with E-state index in [9.17, 15) is 9.59 Å². The monoisotopic (exact) mass is 341 g/mol. The standard InChI is InChI=1S/C16H20ClNO5/c1-10(16(20)18(2)3)23-14(19)7-6-11-8-12(17)15(22-5)13(9-11)21-4/h6-10H,1-5H3/b7-6+/t10-/m1/s1. The fraction of sp³-hybridized carbons (Fsp3) is 0.375. The van der Waals surface area contributed by atoms with E-state index >= 15 is 0 Å². The first kappa shape index (κ1) is 18.8. The first-order valence-electron chi connectivity index (χ1n) is 6.81. The van der Waals surface area contributed by atoms with Crippen LogP contribution in [0.15, 0.2) is 18.2 Å². The summed E-state index contributed by atoms with van der Waals surface area (Å²) in [5.41, 5.74) is 0.635. The van der Waals surface area contributed by atoms with Gasteiger partial charge in [-0.1, -0.05) is 11.6 Å². The minimum absolute atomic E-state index is 0.291. The van der Waals surface area contributed by atoms with Crippen LogP contribution >= 0.6 is 11.6 Å². The highest BCUT2D eigenvalue weighted by Crippen LogP contribution is 2.36. The molecule has 1 aromatic carbocycles. The quantitative estimate of drug-likeness (QED) is 0.587. The van der Waals surface area contributed by atoms with Crippen molar-refractivity contribution in [3.05, 3.63) is 28.8 Å². The van der Waals surface area contributed by atoms with Crippen LogP contribution in [0.2, 0.25) is 5.02 Å². The average Bonchev–Trinajstić information content (AvgIpc) is 2.51. The summed E-state index contributed by atoms with van der Waals surface area (Å²) in [6.07, 6.45) is 1.89. The topological polar surface area (TPSA) is 65.1 Å². The first-order chi connectivity index (χ1) is 10.8. The lowest BCUT2D eigenvalue weighted by atomic mass is 10.2. The van der Waals surface area contributed by atoms with Crippen molar-refractivity contribution in [2.45, 2.75) is 13.0 Å². The Morgan fingerprint density at radius 1 is 1.22 bits per heavy atom. The lowest BCUT2D eigenvalue weighted by Crippen LogP contribution is -2.34. The third kappa shape index (κ3) is 5.17. The van der Waals surface area contributed by atoms with Gasteiger partial charge in [-0.05, 0) is 30.7 Å². The summed E-state index contributed by atoms with van der Waals surface area (Å²) in [6, 6.07) is 3.30. The van der Waals surface area contributed by atoms with Crippen LogP contribution in [0.5, 0.6) is 11.5 Å². The molecule has 0 bridgehead atoms. The van der Waals surface area contributed by atoms with Crippen molar-refractivity contribution in [3.8, 4) is 11.5 Å². The molecule has 1 atom stereocenters. The zero-order chi connectivity index (χ0) is 17.6. The molecule has 0 N–H and O–H groups in total. The van der Waals surface area contributed by atoms with Gasteiger partial charge >= 0.3 is 5.97 Å². The smallest absolute Gasteiger partial charge is 0.331 e. The van der Waals surface area contributed by atoms with Crippen molar-refractivity contribution in [1.82, 2.24) is 4.90 Å². The van der Waals surface area contributed by atoms with Gasteiger partial charge in [0.15, 0.2) is 17.6 Å². The molecule has 6 nitrogen and oxygen atoms in total. The molecular weight excluding hydrogens is 322 g/mol. The van der Waals surface area contributed by atoms with Crippen LogP contribution in [0, 0.1) is 0 Å². The molecule has 126 valence electrons. The number of amides is 1. The molecule has 0 aliphatic rings. The largest absolute Gasteiger partial charge is 0.493 e. The second-order valence-electron chi connectivity index (χ2n) is 4.88. The summed E-state index contributed by atoms with van der Waals surface area (Å²) in [5, 5.41) is 0.357. The van der Waals surface area contributed by atoms with E-state index in [1.807, 2.05) is 0 Å². The van der Waals surface area contributed by atoms with E-state index < -0.39 is 12.1 Å². The molecule has 1 amide bonds. The lowest BCUT2D eigenvalue weighted by Gasteiger charge is -2.16. The van der Waals surface area contributed by atoms with Crippen molar-refractivity contribution in [2.24, 2.45) is 0 Å². The molecule has 0 saturated heterocycles. The number of benzene rings is 1. The number of esters is 1. The third-order valence-corrected chi connectivity index (χ3v) is 3.23. The van der Waals surface area contributed by atoms with Gasteiger partial charge in [0.05, 0.1) is 19.2 Å². The number of rotatable bonds is 6. The maximum Gasteiger partial charge on any atom is 0.331 e. The number of carbonyl (C=O) groups excluding carboxylic acids is 2. The van der Waals surface area contributed by atoms with Gasteiger partial charge in [0.2, 0.25) is 0 Å². The molecule has 7 heteroatoms. The fourth-order valence-electron chi connectivity index (χ4n) is 1.83. The van der Waals surface area contributed by atoms with Crippen LogP contribution < -0.4 is 9.47 Å². The van der Waals surface area contributed by atoms with Crippen molar-refractivity contribution in [1.29, 1.82) is 0 Å².